The molecule has 1 atom stereocenters. The standard InChI is InChI=1S/C20H19N5.CH4/c1-14(15-8-4-2-5-9-15)12-25-20-17(19(21)22-13-23-20)18(24-25)16-10-6-3-7-11-16;/h2-11,13-14H,12H2,1H3,(H2,21,22,23);1H4. The minimum Gasteiger partial charge on any atom is -0.383 e. The fourth-order valence-corrected chi connectivity index (χ4v) is 3.10. The molecular weight excluding hydrogens is 322 g/mol. The lowest BCUT2D eigenvalue weighted by atomic mass is 10.0. The number of hydrogen-bond donors (Lipinski definition) is 1. The van der Waals surface area contributed by atoms with Gasteiger partial charge in [-0.15, -0.1) is 0 Å². The molecule has 2 aromatic carbocycles. The summed E-state index contributed by atoms with van der Waals surface area (Å²) in [5.41, 5.74) is 10.0. The van der Waals surface area contributed by atoms with Crippen LogP contribution in [-0.2, 0) is 6.54 Å². The zero-order valence-corrected chi connectivity index (χ0v) is 14.0. The third kappa shape index (κ3) is 3.16. The van der Waals surface area contributed by atoms with Crippen molar-refractivity contribution in [1.82, 2.24) is 19.7 Å². The van der Waals surface area contributed by atoms with Crippen LogP contribution in [-0.4, -0.2) is 19.7 Å². The predicted molar refractivity (Wildman–Crippen MR) is 107 cm³/mol. The van der Waals surface area contributed by atoms with Crippen LogP contribution in [0.3, 0.4) is 0 Å². The maximum atomic E-state index is 6.15. The number of aromatic nitrogens is 4. The molecule has 0 saturated heterocycles. The van der Waals surface area contributed by atoms with Crippen LogP contribution in [0, 0.1) is 0 Å². The molecular formula is C21H23N5. The van der Waals surface area contributed by atoms with Gasteiger partial charge in [-0.2, -0.15) is 5.10 Å². The number of anilines is 1. The van der Waals surface area contributed by atoms with Crippen LogP contribution in [0.25, 0.3) is 22.3 Å². The molecule has 5 heteroatoms. The molecule has 1 unspecified atom stereocenters. The van der Waals surface area contributed by atoms with Gasteiger partial charge in [-0.1, -0.05) is 75.0 Å². The highest BCUT2D eigenvalue weighted by Gasteiger charge is 2.18. The molecule has 4 rings (SSSR count). The number of fused-ring (bicyclic) bond motifs is 1. The van der Waals surface area contributed by atoms with Crippen molar-refractivity contribution in [2.24, 2.45) is 0 Å². The number of nitrogens with zero attached hydrogens (tertiary/aromatic N) is 4. The number of rotatable bonds is 4. The smallest absolute Gasteiger partial charge is 0.163 e. The quantitative estimate of drug-likeness (QED) is 0.590. The second-order valence-electron chi connectivity index (χ2n) is 6.17. The van der Waals surface area contributed by atoms with Crippen LogP contribution in [0.15, 0.2) is 67.0 Å². The molecule has 0 radical (unpaired) electrons. The van der Waals surface area contributed by atoms with E-state index in [1.165, 1.54) is 11.9 Å². The summed E-state index contributed by atoms with van der Waals surface area (Å²) in [4.78, 5) is 8.60. The molecule has 132 valence electrons. The largest absolute Gasteiger partial charge is 0.383 e. The van der Waals surface area contributed by atoms with Crippen LogP contribution in [0.1, 0.15) is 25.8 Å². The number of hydrogen-bond acceptors (Lipinski definition) is 4. The summed E-state index contributed by atoms with van der Waals surface area (Å²) in [5, 5.41) is 5.63. The summed E-state index contributed by atoms with van der Waals surface area (Å²) in [7, 11) is 0. The Balaban J connectivity index is 0.00000196. The molecule has 5 nitrogen and oxygen atoms in total. The molecule has 0 bridgehead atoms. The highest BCUT2D eigenvalue weighted by atomic mass is 15.3. The summed E-state index contributed by atoms with van der Waals surface area (Å²) < 4.78 is 1.94. The van der Waals surface area contributed by atoms with Crippen LogP contribution in [0.2, 0.25) is 0 Å². The lowest BCUT2D eigenvalue weighted by Crippen LogP contribution is -2.08. The van der Waals surface area contributed by atoms with Gasteiger partial charge < -0.3 is 5.73 Å². The summed E-state index contributed by atoms with van der Waals surface area (Å²) >= 11 is 0. The van der Waals surface area contributed by atoms with E-state index in [2.05, 4.69) is 41.2 Å². The highest BCUT2D eigenvalue weighted by molar-refractivity contribution is 5.98. The van der Waals surface area contributed by atoms with Gasteiger partial charge in [0.05, 0.1) is 5.39 Å². The topological polar surface area (TPSA) is 69.6 Å². The van der Waals surface area contributed by atoms with Gasteiger partial charge in [-0.3, -0.25) is 0 Å². The molecule has 4 aromatic rings. The van der Waals surface area contributed by atoms with Crippen LogP contribution < -0.4 is 5.73 Å². The molecule has 0 amide bonds. The zero-order chi connectivity index (χ0) is 17.2. The molecule has 0 spiro atoms. The molecule has 0 fully saturated rings. The Morgan fingerprint density at radius 3 is 2.31 bits per heavy atom. The molecule has 26 heavy (non-hydrogen) atoms. The maximum Gasteiger partial charge on any atom is 0.163 e. The van der Waals surface area contributed by atoms with Gasteiger partial charge in [-0.25, -0.2) is 14.6 Å². The van der Waals surface area contributed by atoms with Gasteiger partial charge in [0, 0.05) is 18.0 Å². The van der Waals surface area contributed by atoms with E-state index in [9.17, 15) is 0 Å². The zero-order valence-electron chi connectivity index (χ0n) is 14.0. The second-order valence-corrected chi connectivity index (χ2v) is 6.17. The Morgan fingerprint density at radius 1 is 0.962 bits per heavy atom. The van der Waals surface area contributed by atoms with Gasteiger partial charge in [0.25, 0.3) is 0 Å². The van der Waals surface area contributed by atoms with Gasteiger partial charge in [-0.05, 0) is 5.56 Å². The lowest BCUT2D eigenvalue weighted by Gasteiger charge is -2.12. The average Bonchev–Trinajstić information content (AvgIpc) is 3.03. The van der Waals surface area contributed by atoms with Crippen LogP contribution >= 0.6 is 0 Å². The first-order valence-corrected chi connectivity index (χ1v) is 8.31. The lowest BCUT2D eigenvalue weighted by molar-refractivity contribution is 0.556. The minimum atomic E-state index is 0. The normalized spacial score (nSPS) is 11.9. The van der Waals surface area contributed by atoms with Crippen molar-refractivity contribution in [3.63, 3.8) is 0 Å². The van der Waals surface area contributed by atoms with Crippen molar-refractivity contribution in [3.05, 3.63) is 72.6 Å². The van der Waals surface area contributed by atoms with Gasteiger partial charge >= 0.3 is 0 Å². The summed E-state index contributed by atoms with van der Waals surface area (Å²) in [6.07, 6.45) is 1.50. The summed E-state index contributed by atoms with van der Waals surface area (Å²) in [6.45, 7) is 2.92. The first kappa shape index (κ1) is 17.6. The van der Waals surface area contributed by atoms with Crippen molar-refractivity contribution in [2.45, 2.75) is 26.8 Å². The molecule has 0 aliphatic carbocycles. The number of benzene rings is 2. The van der Waals surface area contributed by atoms with E-state index < -0.39 is 0 Å². The Bertz CT molecular complexity index is 993. The van der Waals surface area contributed by atoms with E-state index in [0.717, 1.165) is 28.8 Å². The fraction of sp³-hybridized carbons (Fsp3) is 0.190. The van der Waals surface area contributed by atoms with E-state index in [-0.39, 0.29) is 7.43 Å². The molecule has 2 aromatic heterocycles. The fourth-order valence-electron chi connectivity index (χ4n) is 3.10. The van der Waals surface area contributed by atoms with E-state index >= 15 is 0 Å². The van der Waals surface area contributed by atoms with Crippen molar-refractivity contribution in [3.8, 4) is 11.3 Å². The highest BCUT2D eigenvalue weighted by Crippen LogP contribution is 2.31. The SMILES string of the molecule is C.CC(Cn1nc(-c2ccccc2)c2c(N)ncnc21)c1ccccc1. The van der Waals surface area contributed by atoms with Crippen molar-refractivity contribution in [1.29, 1.82) is 0 Å². The number of nitrogens with two attached hydrogens (primary N) is 1. The van der Waals surface area contributed by atoms with Crippen molar-refractivity contribution in [2.75, 3.05) is 5.73 Å². The molecule has 2 N–H and O–H groups in total. The molecule has 0 aliphatic heterocycles. The minimum absolute atomic E-state index is 0. The van der Waals surface area contributed by atoms with Crippen molar-refractivity contribution >= 4 is 16.9 Å². The van der Waals surface area contributed by atoms with Gasteiger partial charge in [0.15, 0.2) is 5.65 Å². The Labute approximate surface area is 153 Å². The molecule has 0 aliphatic rings. The van der Waals surface area contributed by atoms with E-state index in [1.807, 2.05) is 41.1 Å². The predicted octanol–water partition coefficient (Wildman–Crippen LogP) is 4.52. The Hall–Kier alpha value is -3.21. The summed E-state index contributed by atoms with van der Waals surface area (Å²) in [5.74, 6) is 0.770. The van der Waals surface area contributed by atoms with E-state index in [0.29, 0.717) is 11.7 Å². The Morgan fingerprint density at radius 2 is 1.62 bits per heavy atom. The number of nitrogen functional groups attached to an aromatic ring is 1. The monoisotopic (exact) mass is 345 g/mol. The second kappa shape index (κ2) is 7.35. The summed E-state index contributed by atoms with van der Waals surface area (Å²) in [6, 6.07) is 20.4. The van der Waals surface area contributed by atoms with Gasteiger partial charge in [0.1, 0.15) is 17.8 Å². The average molecular weight is 345 g/mol. The van der Waals surface area contributed by atoms with Crippen LogP contribution in [0.4, 0.5) is 5.82 Å². The molecule has 0 saturated carbocycles. The maximum absolute atomic E-state index is 6.15. The van der Waals surface area contributed by atoms with Crippen LogP contribution in [0.5, 0.6) is 0 Å². The first-order chi connectivity index (χ1) is 12.2. The first-order valence-electron chi connectivity index (χ1n) is 8.31. The molecule has 2 heterocycles. The van der Waals surface area contributed by atoms with E-state index in [4.69, 9.17) is 10.8 Å². The Kier molecular flexibility index (Phi) is 4.98. The van der Waals surface area contributed by atoms with E-state index in [1.54, 1.807) is 0 Å². The van der Waals surface area contributed by atoms with Gasteiger partial charge in [0.2, 0.25) is 0 Å². The van der Waals surface area contributed by atoms with Crippen molar-refractivity contribution < 1.29 is 0 Å². The third-order valence-electron chi connectivity index (χ3n) is 4.42. The third-order valence-corrected chi connectivity index (χ3v) is 4.42.